The van der Waals surface area contributed by atoms with Crippen LogP contribution in [0.2, 0.25) is 5.02 Å². The minimum Gasteiger partial charge on any atom is -0.490 e. The molecule has 0 unspecified atom stereocenters. The number of benzene rings is 1. The smallest absolute Gasteiger partial charge is 0.270 e. The number of hydrogen-bond acceptors (Lipinski definition) is 4. The zero-order valence-electron chi connectivity index (χ0n) is 16.1. The highest BCUT2D eigenvalue weighted by molar-refractivity contribution is 6.31. The molecule has 6 heteroatoms. The van der Waals surface area contributed by atoms with Crippen LogP contribution in [0.4, 0.5) is 0 Å². The highest BCUT2D eigenvalue weighted by atomic mass is 35.5. The van der Waals surface area contributed by atoms with E-state index in [2.05, 4.69) is 24.1 Å². The number of amides is 1. The molecule has 1 N–H and O–H groups in total. The Morgan fingerprint density at radius 1 is 1.25 bits per heavy atom. The third-order valence-electron chi connectivity index (χ3n) is 5.06. The van der Waals surface area contributed by atoms with Gasteiger partial charge in [0.15, 0.2) is 0 Å². The summed E-state index contributed by atoms with van der Waals surface area (Å²) in [7, 11) is 0. The summed E-state index contributed by atoms with van der Waals surface area (Å²) in [4.78, 5) is 16.7. The van der Waals surface area contributed by atoms with Crippen molar-refractivity contribution in [1.29, 1.82) is 5.26 Å². The first-order valence-electron chi connectivity index (χ1n) is 9.59. The van der Waals surface area contributed by atoms with Crippen molar-refractivity contribution < 1.29 is 9.53 Å². The fourth-order valence-corrected chi connectivity index (χ4v) is 3.53. The lowest BCUT2D eigenvalue weighted by Crippen LogP contribution is -2.40. The van der Waals surface area contributed by atoms with E-state index >= 15 is 0 Å². The van der Waals surface area contributed by atoms with Gasteiger partial charge in [0.25, 0.3) is 5.91 Å². The molecule has 0 radical (unpaired) electrons. The van der Waals surface area contributed by atoms with Crippen molar-refractivity contribution >= 4 is 17.5 Å². The average molecular weight is 398 g/mol. The summed E-state index contributed by atoms with van der Waals surface area (Å²) in [5, 5.41) is 12.4. The predicted molar refractivity (Wildman–Crippen MR) is 109 cm³/mol. The Kier molecular flexibility index (Phi) is 6.53. The number of aromatic nitrogens is 1. The van der Waals surface area contributed by atoms with Gasteiger partial charge in [-0.25, -0.2) is 0 Å². The van der Waals surface area contributed by atoms with Crippen molar-refractivity contribution in [2.75, 3.05) is 0 Å². The van der Waals surface area contributed by atoms with E-state index in [4.69, 9.17) is 21.6 Å². The molecule has 146 valence electrons. The first-order chi connectivity index (χ1) is 13.5. The molecule has 1 heterocycles. The molecule has 1 amide bonds. The SMILES string of the molecule is CC(C)c1ccc(C(=O)NC2CCC(Oc3ccc(C#N)c(Cl)c3)CC2)nc1. The average Bonchev–Trinajstić information content (AvgIpc) is 2.69. The Labute approximate surface area is 170 Å². The van der Waals surface area contributed by atoms with E-state index in [9.17, 15) is 4.79 Å². The molecule has 28 heavy (non-hydrogen) atoms. The molecule has 0 bridgehead atoms. The summed E-state index contributed by atoms with van der Waals surface area (Å²) in [6.45, 7) is 4.20. The van der Waals surface area contributed by atoms with Gasteiger partial charge in [-0.3, -0.25) is 9.78 Å². The number of ether oxygens (including phenoxy) is 1. The molecule has 1 aromatic heterocycles. The lowest BCUT2D eigenvalue weighted by atomic mass is 9.92. The van der Waals surface area contributed by atoms with Gasteiger partial charge in [-0.1, -0.05) is 31.5 Å². The Balaban J connectivity index is 1.49. The van der Waals surface area contributed by atoms with Crippen LogP contribution in [0.25, 0.3) is 0 Å². The summed E-state index contributed by atoms with van der Waals surface area (Å²) in [6.07, 6.45) is 5.26. The normalized spacial score (nSPS) is 19.1. The van der Waals surface area contributed by atoms with Gasteiger partial charge < -0.3 is 10.1 Å². The summed E-state index contributed by atoms with van der Waals surface area (Å²) < 4.78 is 5.99. The van der Waals surface area contributed by atoms with Crippen LogP contribution in [-0.4, -0.2) is 23.0 Å². The van der Waals surface area contributed by atoms with Crippen molar-refractivity contribution in [2.45, 2.75) is 57.6 Å². The summed E-state index contributed by atoms with van der Waals surface area (Å²) >= 11 is 6.06. The maximum absolute atomic E-state index is 12.4. The maximum atomic E-state index is 12.4. The molecule has 1 aliphatic carbocycles. The van der Waals surface area contributed by atoms with Gasteiger partial charge in [0, 0.05) is 18.3 Å². The van der Waals surface area contributed by atoms with Gasteiger partial charge in [-0.2, -0.15) is 5.26 Å². The molecular formula is C22H24ClN3O2. The van der Waals surface area contributed by atoms with Crippen LogP contribution in [0, 0.1) is 11.3 Å². The maximum Gasteiger partial charge on any atom is 0.270 e. The molecule has 3 rings (SSSR count). The van der Waals surface area contributed by atoms with Crippen LogP contribution in [0.15, 0.2) is 36.5 Å². The second-order valence-electron chi connectivity index (χ2n) is 7.45. The van der Waals surface area contributed by atoms with E-state index in [1.54, 1.807) is 30.5 Å². The van der Waals surface area contributed by atoms with Gasteiger partial charge in [-0.05, 0) is 55.4 Å². The van der Waals surface area contributed by atoms with Gasteiger partial charge in [-0.15, -0.1) is 0 Å². The Bertz CT molecular complexity index is 866. The number of hydrogen-bond donors (Lipinski definition) is 1. The first kappa shape index (κ1) is 20.2. The van der Waals surface area contributed by atoms with Gasteiger partial charge in [0.2, 0.25) is 0 Å². The van der Waals surface area contributed by atoms with Crippen molar-refractivity contribution in [3.05, 3.63) is 58.4 Å². The summed E-state index contributed by atoms with van der Waals surface area (Å²) in [6, 6.07) is 11.0. The number of pyridine rings is 1. The number of nitrogens with zero attached hydrogens (tertiary/aromatic N) is 2. The third kappa shape index (κ3) is 5.02. The van der Waals surface area contributed by atoms with Crippen molar-refractivity contribution in [2.24, 2.45) is 0 Å². The number of nitriles is 1. The molecule has 1 saturated carbocycles. The van der Waals surface area contributed by atoms with Crippen LogP contribution in [-0.2, 0) is 0 Å². The topological polar surface area (TPSA) is 75.0 Å². The monoisotopic (exact) mass is 397 g/mol. The summed E-state index contributed by atoms with van der Waals surface area (Å²) in [5.41, 5.74) is 2.02. The van der Waals surface area contributed by atoms with Crippen LogP contribution in [0.1, 0.15) is 67.1 Å². The number of carbonyl (C=O) groups is 1. The zero-order chi connectivity index (χ0) is 20.1. The lowest BCUT2D eigenvalue weighted by Gasteiger charge is -2.29. The summed E-state index contributed by atoms with van der Waals surface area (Å²) in [5.74, 6) is 0.940. The largest absolute Gasteiger partial charge is 0.490 e. The van der Waals surface area contributed by atoms with E-state index in [1.165, 1.54) is 0 Å². The van der Waals surface area contributed by atoms with Gasteiger partial charge in [0.1, 0.15) is 17.5 Å². The third-order valence-corrected chi connectivity index (χ3v) is 5.37. The fourth-order valence-electron chi connectivity index (χ4n) is 3.32. The van der Waals surface area contributed by atoms with Crippen molar-refractivity contribution in [3.8, 4) is 11.8 Å². The molecule has 0 aliphatic heterocycles. The van der Waals surface area contributed by atoms with Crippen LogP contribution in [0.3, 0.4) is 0 Å². The van der Waals surface area contributed by atoms with Crippen LogP contribution >= 0.6 is 11.6 Å². The molecule has 0 saturated heterocycles. The Morgan fingerprint density at radius 3 is 2.57 bits per heavy atom. The van der Waals surface area contributed by atoms with E-state index < -0.39 is 0 Å². The first-order valence-corrected chi connectivity index (χ1v) is 9.97. The minimum absolute atomic E-state index is 0.0839. The lowest BCUT2D eigenvalue weighted by molar-refractivity contribution is 0.0889. The van der Waals surface area contributed by atoms with E-state index in [0.29, 0.717) is 27.9 Å². The number of rotatable bonds is 5. The predicted octanol–water partition coefficient (Wildman–Crippen LogP) is 4.85. The van der Waals surface area contributed by atoms with Crippen LogP contribution < -0.4 is 10.1 Å². The van der Waals surface area contributed by atoms with Crippen LogP contribution in [0.5, 0.6) is 5.75 Å². The number of halogens is 1. The highest BCUT2D eigenvalue weighted by Crippen LogP contribution is 2.27. The van der Waals surface area contributed by atoms with Crippen molar-refractivity contribution in [1.82, 2.24) is 10.3 Å². The molecular weight excluding hydrogens is 374 g/mol. The fraction of sp³-hybridized carbons (Fsp3) is 0.409. The second-order valence-corrected chi connectivity index (χ2v) is 7.86. The molecule has 2 aromatic rings. The molecule has 5 nitrogen and oxygen atoms in total. The molecule has 1 aromatic carbocycles. The molecule has 0 atom stereocenters. The Morgan fingerprint density at radius 2 is 2.00 bits per heavy atom. The second kappa shape index (κ2) is 9.07. The quantitative estimate of drug-likeness (QED) is 0.782. The highest BCUT2D eigenvalue weighted by Gasteiger charge is 2.24. The van der Waals surface area contributed by atoms with E-state index in [0.717, 1.165) is 31.2 Å². The van der Waals surface area contributed by atoms with E-state index in [1.807, 2.05) is 12.1 Å². The van der Waals surface area contributed by atoms with E-state index in [-0.39, 0.29) is 18.1 Å². The minimum atomic E-state index is -0.126. The number of nitrogens with one attached hydrogen (secondary N) is 1. The van der Waals surface area contributed by atoms with Crippen molar-refractivity contribution in [3.63, 3.8) is 0 Å². The molecule has 1 fully saturated rings. The number of carbonyl (C=O) groups excluding carboxylic acids is 1. The van der Waals surface area contributed by atoms with Gasteiger partial charge in [0.05, 0.1) is 16.7 Å². The Hall–Kier alpha value is -2.58. The molecule has 0 spiro atoms. The molecule has 1 aliphatic rings. The zero-order valence-corrected chi connectivity index (χ0v) is 16.9. The standard InChI is InChI=1S/C22H24ClN3O2/c1-14(2)16-4-10-21(25-13-16)22(27)26-17-5-8-18(9-6-17)28-19-7-3-15(12-24)20(23)11-19/h3-4,7,10-11,13-14,17-18H,5-6,8-9H2,1-2H3,(H,26,27). The van der Waals surface area contributed by atoms with Gasteiger partial charge >= 0.3 is 0 Å².